The molecule has 25 heavy (non-hydrogen) atoms. The number of hydrogen-bond acceptors (Lipinski definition) is 4. The molecule has 3 rings (SSSR count). The fraction of sp³-hybridized carbons (Fsp3) is 0.667. The normalized spacial score (nSPS) is 35.2. The summed E-state index contributed by atoms with van der Waals surface area (Å²) in [6, 6.07) is 0. The van der Waals surface area contributed by atoms with Gasteiger partial charge in [0.05, 0.1) is 0 Å². The van der Waals surface area contributed by atoms with Crippen LogP contribution in [0.15, 0.2) is 22.5 Å². The van der Waals surface area contributed by atoms with Crippen molar-refractivity contribution in [3.05, 3.63) is 22.5 Å². The third-order valence-corrected chi connectivity index (χ3v) is 7.67. The van der Waals surface area contributed by atoms with Crippen molar-refractivity contribution in [1.29, 1.82) is 0 Å². The lowest BCUT2D eigenvalue weighted by atomic mass is 9.41. The number of allylic oxidation sites excluding steroid dienone is 3. The van der Waals surface area contributed by atoms with E-state index in [-0.39, 0.29) is 23.0 Å². The van der Waals surface area contributed by atoms with Crippen molar-refractivity contribution in [1.82, 2.24) is 0 Å². The summed E-state index contributed by atoms with van der Waals surface area (Å²) in [4.78, 5) is 38.4. The number of Topliss-reactive ketones (excluding diaryl/α,β-unsaturated/α-hetero) is 3. The summed E-state index contributed by atoms with van der Waals surface area (Å²) in [5.74, 6) is -1.03. The second-order valence-corrected chi connectivity index (χ2v) is 9.14. The van der Waals surface area contributed by atoms with E-state index < -0.39 is 27.8 Å². The summed E-state index contributed by atoms with van der Waals surface area (Å²) in [5, 5.41) is 10.8. The molecule has 4 heteroatoms. The van der Waals surface area contributed by atoms with Crippen LogP contribution in [0.2, 0.25) is 0 Å². The SMILES string of the molecule is CC(C)C1=C(O)C2=C(C(=O)C1=O)[C@@]1(C)CCC(=O)C(C)(C)[C@]1(C)CC2. The highest BCUT2D eigenvalue weighted by molar-refractivity contribution is 6.50. The summed E-state index contributed by atoms with van der Waals surface area (Å²) in [5.41, 5.74) is -0.227. The molecule has 0 aliphatic heterocycles. The molecule has 4 nitrogen and oxygen atoms in total. The number of carbonyl (C=O) groups is 3. The maximum Gasteiger partial charge on any atom is 0.233 e. The molecule has 1 fully saturated rings. The number of aliphatic hydroxyl groups is 1. The van der Waals surface area contributed by atoms with Gasteiger partial charge in [-0.25, -0.2) is 0 Å². The summed E-state index contributed by atoms with van der Waals surface area (Å²) >= 11 is 0. The van der Waals surface area contributed by atoms with Crippen LogP contribution in [0.4, 0.5) is 0 Å². The number of fused-ring (bicyclic) bond motifs is 2. The van der Waals surface area contributed by atoms with Gasteiger partial charge in [0.15, 0.2) is 0 Å². The van der Waals surface area contributed by atoms with E-state index in [4.69, 9.17) is 0 Å². The van der Waals surface area contributed by atoms with Crippen LogP contribution in [-0.4, -0.2) is 22.5 Å². The highest BCUT2D eigenvalue weighted by Gasteiger charge is 2.64. The molecule has 0 aromatic heterocycles. The Labute approximate surface area is 149 Å². The molecule has 0 spiro atoms. The number of rotatable bonds is 1. The maximum atomic E-state index is 13.1. The van der Waals surface area contributed by atoms with Crippen LogP contribution in [0.25, 0.3) is 0 Å². The Kier molecular flexibility index (Phi) is 3.73. The van der Waals surface area contributed by atoms with Gasteiger partial charge in [-0.15, -0.1) is 0 Å². The molecule has 1 N–H and O–H groups in total. The third kappa shape index (κ3) is 1.97. The molecule has 3 aliphatic carbocycles. The first-order valence-corrected chi connectivity index (χ1v) is 9.19. The first-order chi connectivity index (χ1) is 11.4. The molecule has 2 atom stereocenters. The first kappa shape index (κ1) is 18.1. The summed E-state index contributed by atoms with van der Waals surface area (Å²) in [6.07, 6.45) is 2.20. The van der Waals surface area contributed by atoms with Gasteiger partial charge in [-0.1, -0.05) is 41.5 Å². The van der Waals surface area contributed by atoms with E-state index in [2.05, 4.69) is 6.92 Å². The monoisotopic (exact) mass is 344 g/mol. The van der Waals surface area contributed by atoms with Crippen LogP contribution in [0.5, 0.6) is 0 Å². The van der Waals surface area contributed by atoms with Crippen molar-refractivity contribution in [3.8, 4) is 0 Å². The number of hydrogen-bond donors (Lipinski definition) is 1. The van der Waals surface area contributed by atoms with Crippen molar-refractivity contribution in [2.75, 3.05) is 0 Å². The Morgan fingerprint density at radius 2 is 1.52 bits per heavy atom. The lowest BCUT2D eigenvalue weighted by molar-refractivity contribution is -0.154. The lowest BCUT2D eigenvalue weighted by Gasteiger charge is -2.61. The fourth-order valence-corrected chi connectivity index (χ4v) is 5.44. The second-order valence-electron chi connectivity index (χ2n) is 9.14. The van der Waals surface area contributed by atoms with E-state index in [1.54, 1.807) is 0 Å². The molecule has 0 aromatic rings. The third-order valence-electron chi connectivity index (χ3n) is 7.67. The standard InChI is InChI=1S/C21H28O4/c1-11(2)14-16(23)12-7-10-21(6)19(3,4)13(22)8-9-20(21,5)15(12)18(25)17(14)24/h11,23H,7-10H2,1-6H3/t20-,21+/m1/s1. The van der Waals surface area contributed by atoms with Crippen molar-refractivity contribution in [2.24, 2.45) is 22.2 Å². The lowest BCUT2D eigenvalue weighted by Crippen LogP contribution is -2.59. The summed E-state index contributed by atoms with van der Waals surface area (Å²) in [6.45, 7) is 11.6. The van der Waals surface area contributed by atoms with E-state index in [0.717, 1.165) is 6.42 Å². The molecule has 0 heterocycles. The van der Waals surface area contributed by atoms with Gasteiger partial charge < -0.3 is 5.11 Å². The molecule has 0 saturated heterocycles. The van der Waals surface area contributed by atoms with Crippen LogP contribution in [0, 0.1) is 22.2 Å². The highest BCUT2D eigenvalue weighted by Crippen LogP contribution is 2.67. The van der Waals surface area contributed by atoms with E-state index in [0.29, 0.717) is 30.4 Å². The minimum absolute atomic E-state index is 0.00702. The zero-order valence-electron chi connectivity index (χ0n) is 16.1. The van der Waals surface area contributed by atoms with Crippen LogP contribution < -0.4 is 0 Å². The van der Waals surface area contributed by atoms with E-state index >= 15 is 0 Å². The second kappa shape index (κ2) is 5.15. The van der Waals surface area contributed by atoms with Gasteiger partial charge in [-0.05, 0) is 30.6 Å². The topological polar surface area (TPSA) is 71.4 Å². The van der Waals surface area contributed by atoms with Crippen molar-refractivity contribution >= 4 is 17.3 Å². The van der Waals surface area contributed by atoms with Crippen LogP contribution in [0.3, 0.4) is 0 Å². The number of aliphatic hydroxyl groups excluding tert-OH is 1. The van der Waals surface area contributed by atoms with Gasteiger partial charge >= 0.3 is 0 Å². The number of ketones is 3. The zero-order chi connectivity index (χ0) is 18.9. The molecule has 0 unspecified atom stereocenters. The zero-order valence-corrected chi connectivity index (χ0v) is 16.1. The van der Waals surface area contributed by atoms with Gasteiger partial charge in [0, 0.05) is 34.0 Å². The molecular weight excluding hydrogens is 316 g/mol. The quantitative estimate of drug-likeness (QED) is 0.574. The maximum absolute atomic E-state index is 13.1. The van der Waals surface area contributed by atoms with Crippen LogP contribution in [0.1, 0.15) is 67.2 Å². The van der Waals surface area contributed by atoms with Crippen molar-refractivity contribution in [2.45, 2.75) is 67.2 Å². The fourth-order valence-electron chi connectivity index (χ4n) is 5.44. The van der Waals surface area contributed by atoms with Gasteiger partial charge in [-0.2, -0.15) is 0 Å². The minimum Gasteiger partial charge on any atom is -0.507 e. The minimum atomic E-state index is -0.582. The molecule has 1 saturated carbocycles. The van der Waals surface area contributed by atoms with Crippen LogP contribution in [-0.2, 0) is 14.4 Å². The van der Waals surface area contributed by atoms with E-state index in [9.17, 15) is 19.5 Å². The molecule has 0 aromatic carbocycles. The molecule has 136 valence electrons. The molecule has 0 bridgehead atoms. The predicted molar refractivity (Wildman–Crippen MR) is 95.0 cm³/mol. The average molecular weight is 344 g/mol. The molecule has 0 amide bonds. The Morgan fingerprint density at radius 3 is 2.08 bits per heavy atom. The van der Waals surface area contributed by atoms with Crippen molar-refractivity contribution in [3.63, 3.8) is 0 Å². The Balaban J connectivity index is 2.29. The molecular formula is C21H28O4. The van der Waals surface area contributed by atoms with Crippen molar-refractivity contribution < 1.29 is 19.5 Å². The van der Waals surface area contributed by atoms with Crippen LogP contribution >= 0.6 is 0 Å². The first-order valence-electron chi connectivity index (χ1n) is 9.19. The highest BCUT2D eigenvalue weighted by atomic mass is 16.3. The van der Waals surface area contributed by atoms with Gasteiger partial charge in [0.1, 0.15) is 11.5 Å². The average Bonchev–Trinajstić information content (AvgIpc) is 2.51. The van der Waals surface area contributed by atoms with Gasteiger partial charge in [-0.3, -0.25) is 14.4 Å². The largest absolute Gasteiger partial charge is 0.507 e. The molecule has 0 radical (unpaired) electrons. The Bertz CT molecular complexity index is 765. The smallest absolute Gasteiger partial charge is 0.233 e. The molecule has 3 aliphatic rings. The van der Waals surface area contributed by atoms with E-state index in [1.165, 1.54) is 0 Å². The summed E-state index contributed by atoms with van der Waals surface area (Å²) < 4.78 is 0. The Morgan fingerprint density at radius 1 is 0.920 bits per heavy atom. The summed E-state index contributed by atoms with van der Waals surface area (Å²) in [7, 11) is 0. The van der Waals surface area contributed by atoms with Gasteiger partial charge in [0.25, 0.3) is 0 Å². The predicted octanol–water partition coefficient (Wildman–Crippen LogP) is 4.10. The number of carbonyl (C=O) groups excluding carboxylic acids is 3. The Hall–Kier alpha value is -1.71. The van der Waals surface area contributed by atoms with E-state index in [1.807, 2.05) is 34.6 Å². The van der Waals surface area contributed by atoms with Gasteiger partial charge in [0.2, 0.25) is 11.6 Å².